The molecule has 6 nitrogen and oxygen atoms in total. The van der Waals surface area contributed by atoms with E-state index in [1.807, 2.05) is 0 Å². The molecule has 65 heavy (non-hydrogen) atoms. The van der Waals surface area contributed by atoms with Gasteiger partial charge < -0.3 is 14.2 Å². The number of hydrogen-bond donors (Lipinski definition) is 0. The first kappa shape index (κ1) is 61.6. The summed E-state index contributed by atoms with van der Waals surface area (Å²) in [7, 11) is 0. The summed E-state index contributed by atoms with van der Waals surface area (Å²) < 4.78 is 16.8. The Kier molecular flexibility index (Phi) is 50.4. The molecule has 0 aliphatic heterocycles. The Balaban J connectivity index is 4.49. The predicted molar refractivity (Wildman–Crippen MR) is 279 cm³/mol. The van der Waals surface area contributed by atoms with E-state index in [2.05, 4.69) is 106 Å². The number of carbonyl (C=O) groups is 3. The molecule has 6 heteroatoms. The van der Waals surface area contributed by atoms with Crippen molar-refractivity contribution in [2.45, 2.75) is 258 Å². The maximum absolute atomic E-state index is 12.8. The van der Waals surface area contributed by atoms with Gasteiger partial charge in [0.1, 0.15) is 13.2 Å². The highest BCUT2D eigenvalue weighted by molar-refractivity contribution is 5.71. The van der Waals surface area contributed by atoms with Crippen LogP contribution in [0.15, 0.2) is 85.1 Å². The Hall–Kier alpha value is -3.41. The molecule has 0 N–H and O–H groups in total. The normalized spacial score (nSPS) is 12.7. The first-order chi connectivity index (χ1) is 32.0. The van der Waals surface area contributed by atoms with Gasteiger partial charge in [-0.2, -0.15) is 0 Å². The van der Waals surface area contributed by atoms with Gasteiger partial charge in [-0.1, -0.05) is 196 Å². The second-order valence-corrected chi connectivity index (χ2v) is 17.8. The van der Waals surface area contributed by atoms with Crippen LogP contribution in [0.1, 0.15) is 252 Å². The van der Waals surface area contributed by atoms with E-state index < -0.39 is 6.10 Å². The molecule has 0 aromatic heterocycles. The molecule has 372 valence electrons. The van der Waals surface area contributed by atoms with Crippen LogP contribution < -0.4 is 0 Å². The fourth-order valence-corrected chi connectivity index (χ4v) is 7.21. The smallest absolute Gasteiger partial charge is 0.306 e. The highest BCUT2D eigenvalue weighted by Crippen LogP contribution is 2.13. The van der Waals surface area contributed by atoms with Crippen LogP contribution in [0.2, 0.25) is 0 Å². The molecule has 0 saturated heterocycles. The number of ether oxygens (including phenoxy) is 3. The van der Waals surface area contributed by atoms with Gasteiger partial charge in [-0.3, -0.25) is 14.4 Å². The molecule has 0 bridgehead atoms. The lowest BCUT2D eigenvalue weighted by Gasteiger charge is -2.18. The summed E-state index contributed by atoms with van der Waals surface area (Å²) in [5.41, 5.74) is 0. The summed E-state index contributed by atoms with van der Waals surface area (Å²) in [6.07, 6.45) is 68.5. The van der Waals surface area contributed by atoms with Crippen molar-refractivity contribution < 1.29 is 28.6 Å². The number of carbonyl (C=O) groups excluding carboxylic acids is 3. The Morgan fingerprint density at radius 1 is 0.308 bits per heavy atom. The van der Waals surface area contributed by atoms with Crippen molar-refractivity contribution in [2.24, 2.45) is 0 Å². The molecule has 0 aliphatic carbocycles. The summed E-state index contributed by atoms with van der Waals surface area (Å²) in [5, 5.41) is 0. The number of hydrogen-bond acceptors (Lipinski definition) is 6. The zero-order chi connectivity index (χ0) is 47.2. The number of esters is 3. The van der Waals surface area contributed by atoms with Gasteiger partial charge >= 0.3 is 17.9 Å². The SMILES string of the molecule is CCCCC/C=C\C/C=C\C/C=C\CCCCC(=O)OC[C@H](COC(=O)CCCCCCC/C=C\C/C=C\CCCCC)OC(=O)CCCCCCCCC/C=C\C/C=C\CCCCC. The zero-order valence-electron chi connectivity index (χ0n) is 42.5. The molecule has 0 amide bonds. The molecule has 0 aromatic carbocycles. The topological polar surface area (TPSA) is 78.9 Å². The van der Waals surface area contributed by atoms with Crippen molar-refractivity contribution in [1.29, 1.82) is 0 Å². The average molecular weight is 905 g/mol. The van der Waals surface area contributed by atoms with E-state index in [1.165, 1.54) is 103 Å². The van der Waals surface area contributed by atoms with E-state index in [-0.39, 0.29) is 31.1 Å². The predicted octanol–water partition coefficient (Wildman–Crippen LogP) is 18.0. The Bertz CT molecular complexity index is 1270. The molecule has 0 fully saturated rings. The summed E-state index contributed by atoms with van der Waals surface area (Å²) in [4.78, 5) is 38.0. The Labute approximate surface area is 401 Å². The third kappa shape index (κ3) is 51.4. The Morgan fingerprint density at radius 3 is 0.892 bits per heavy atom. The number of rotatable bonds is 48. The minimum atomic E-state index is -0.802. The van der Waals surface area contributed by atoms with Gasteiger partial charge in [0.25, 0.3) is 0 Å². The molecule has 1 atom stereocenters. The van der Waals surface area contributed by atoms with Crippen molar-refractivity contribution in [1.82, 2.24) is 0 Å². The summed E-state index contributed by atoms with van der Waals surface area (Å²) in [6.45, 7) is 6.51. The maximum atomic E-state index is 12.8. The van der Waals surface area contributed by atoms with Crippen molar-refractivity contribution in [2.75, 3.05) is 13.2 Å². The van der Waals surface area contributed by atoms with Crippen LogP contribution in [0, 0.1) is 0 Å². The molecular weight excluding hydrogens is 805 g/mol. The molecule has 0 radical (unpaired) electrons. The summed E-state index contributed by atoms with van der Waals surface area (Å²) in [6, 6.07) is 0. The highest BCUT2D eigenvalue weighted by atomic mass is 16.6. The molecule has 0 aliphatic rings. The van der Waals surface area contributed by atoms with Crippen LogP contribution in [0.3, 0.4) is 0 Å². The number of unbranched alkanes of at least 4 members (excludes halogenated alkanes) is 23. The molecule has 0 aromatic rings. The van der Waals surface area contributed by atoms with Gasteiger partial charge in [-0.15, -0.1) is 0 Å². The van der Waals surface area contributed by atoms with E-state index in [0.717, 1.165) is 109 Å². The fraction of sp³-hybridized carbons (Fsp3) is 0.712. The van der Waals surface area contributed by atoms with Gasteiger partial charge in [0, 0.05) is 19.3 Å². The van der Waals surface area contributed by atoms with Crippen molar-refractivity contribution >= 4 is 17.9 Å². The third-order valence-electron chi connectivity index (χ3n) is 11.3. The monoisotopic (exact) mass is 905 g/mol. The van der Waals surface area contributed by atoms with Gasteiger partial charge in [0.2, 0.25) is 0 Å². The minimum absolute atomic E-state index is 0.0997. The first-order valence-electron chi connectivity index (χ1n) is 27.1. The van der Waals surface area contributed by atoms with Gasteiger partial charge in [0.05, 0.1) is 0 Å². The molecule has 0 heterocycles. The largest absolute Gasteiger partial charge is 0.462 e. The number of allylic oxidation sites excluding steroid dienone is 14. The summed E-state index contributed by atoms with van der Waals surface area (Å²) in [5.74, 6) is -0.958. The molecule has 0 saturated carbocycles. The van der Waals surface area contributed by atoms with Crippen molar-refractivity contribution in [3.8, 4) is 0 Å². The second kappa shape index (κ2) is 53.2. The standard InChI is InChI=1S/C59H100O6/c1-4-7-10-13-16-19-22-25-28-29-32-35-38-41-44-47-50-53-59(62)65-56(54-63-57(60)51-48-45-42-39-36-33-30-26-23-20-17-14-11-8-5-2)55-64-58(61)52-49-46-43-40-37-34-31-27-24-21-18-15-12-9-6-3/h16-21,25-28,30-31,36,39,56H,4-15,22-24,29,32-35,37-38,40-55H2,1-3H3/b19-16-,20-17-,21-18-,28-25-,30-26-,31-27-,39-36-/t56-/m1/s1. The quantitative estimate of drug-likeness (QED) is 0.0262. The fourth-order valence-electron chi connectivity index (χ4n) is 7.21. The van der Waals surface area contributed by atoms with Gasteiger partial charge in [-0.25, -0.2) is 0 Å². The van der Waals surface area contributed by atoms with Crippen LogP contribution in [0.25, 0.3) is 0 Å². The second-order valence-electron chi connectivity index (χ2n) is 17.8. The summed E-state index contributed by atoms with van der Waals surface area (Å²) >= 11 is 0. The van der Waals surface area contributed by atoms with Gasteiger partial charge in [0.15, 0.2) is 6.10 Å². The van der Waals surface area contributed by atoms with Crippen LogP contribution in [-0.2, 0) is 28.6 Å². The van der Waals surface area contributed by atoms with E-state index >= 15 is 0 Å². The molecule has 0 rings (SSSR count). The lowest BCUT2D eigenvalue weighted by atomic mass is 10.1. The molecule has 0 spiro atoms. The minimum Gasteiger partial charge on any atom is -0.462 e. The maximum Gasteiger partial charge on any atom is 0.306 e. The van der Waals surface area contributed by atoms with Gasteiger partial charge in [-0.05, 0) is 122 Å². The zero-order valence-corrected chi connectivity index (χ0v) is 42.5. The average Bonchev–Trinajstić information content (AvgIpc) is 3.30. The molecular formula is C59H100O6. The first-order valence-corrected chi connectivity index (χ1v) is 27.1. The third-order valence-corrected chi connectivity index (χ3v) is 11.3. The molecule has 0 unspecified atom stereocenters. The highest BCUT2D eigenvalue weighted by Gasteiger charge is 2.19. The van der Waals surface area contributed by atoms with E-state index in [9.17, 15) is 14.4 Å². The van der Waals surface area contributed by atoms with E-state index in [0.29, 0.717) is 19.3 Å². The van der Waals surface area contributed by atoms with Crippen LogP contribution >= 0.6 is 0 Å². The van der Waals surface area contributed by atoms with Crippen molar-refractivity contribution in [3.05, 3.63) is 85.1 Å². The van der Waals surface area contributed by atoms with E-state index in [1.54, 1.807) is 0 Å². The lowest BCUT2D eigenvalue weighted by Crippen LogP contribution is -2.30. The van der Waals surface area contributed by atoms with Crippen LogP contribution in [0.5, 0.6) is 0 Å². The van der Waals surface area contributed by atoms with Crippen LogP contribution in [0.4, 0.5) is 0 Å². The lowest BCUT2D eigenvalue weighted by molar-refractivity contribution is -0.167. The Morgan fingerprint density at radius 2 is 0.554 bits per heavy atom. The van der Waals surface area contributed by atoms with Crippen molar-refractivity contribution in [3.63, 3.8) is 0 Å². The van der Waals surface area contributed by atoms with Crippen LogP contribution in [-0.4, -0.2) is 37.2 Å². The van der Waals surface area contributed by atoms with E-state index in [4.69, 9.17) is 14.2 Å².